The van der Waals surface area contributed by atoms with Gasteiger partial charge in [0.15, 0.2) is 0 Å². The third kappa shape index (κ3) is 2.10. The van der Waals surface area contributed by atoms with Crippen LogP contribution in [0.15, 0.2) is 36.4 Å². The van der Waals surface area contributed by atoms with E-state index >= 15 is 0 Å². The number of aryl methyl sites for hydroxylation is 3. The van der Waals surface area contributed by atoms with Gasteiger partial charge in [-0.15, -0.1) is 11.6 Å². The standard InChI is InChI=1S/C17H17ClN2/c1-11-4-7-16-15(8-11)19-17(10-18)20(16)14-6-5-12(2)13(3)9-14/h4-9H,10H2,1-3H3. The molecule has 3 aromatic rings. The summed E-state index contributed by atoms with van der Waals surface area (Å²) in [7, 11) is 0. The second kappa shape index (κ2) is 4.95. The highest BCUT2D eigenvalue weighted by molar-refractivity contribution is 6.17. The quantitative estimate of drug-likeness (QED) is 0.624. The number of hydrogen-bond acceptors (Lipinski definition) is 1. The van der Waals surface area contributed by atoms with Crippen molar-refractivity contribution >= 4 is 22.6 Å². The molecule has 1 heterocycles. The Morgan fingerprint density at radius 2 is 1.80 bits per heavy atom. The van der Waals surface area contributed by atoms with E-state index < -0.39 is 0 Å². The summed E-state index contributed by atoms with van der Waals surface area (Å²) in [4.78, 5) is 4.65. The van der Waals surface area contributed by atoms with Crippen LogP contribution in [-0.4, -0.2) is 9.55 Å². The molecule has 0 aliphatic heterocycles. The van der Waals surface area contributed by atoms with Gasteiger partial charge in [0.25, 0.3) is 0 Å². The topological polar surface area (TPSA) is 17.8 Å². The molecule has 0 aliphatic rings. The van der Waals surface area contributed by atoms with E-state index in [4.69, 9.17) is 11.6 Å². The van der Waals surface area contributed by atoms with Crippen LogP contribution in [0.25, 0.3) is 16.7 Å². The van der Waals surface area contributed by atoms with Gasteiger partial charge in [-0.25, -0.2) is 4.98 Å². The van der Waals surface area contributed by atoms with Crippen LogP contribution in [0, 0.1) is 20.8 Å². The molecule has 0 saturated heterocycles. The average molecular weight is 285 g/mol. The van der Waals surface area contributed by atoms with E-state index in [0.717, 1.165) is 22.5 Å². The average Bonchev–Trinajstić information content (AvgIpc) is 2.79. The summed E-state index contributed by atoms with van der Waals surface area (Å²) in [5, 5.41) is 0. The Labute approximate surface area is 124 Å². The second-order valence-electron chi connectivity index (χ2n) is 5.26. The number of benzene rings is 2. The van der Waals surface area contributed by atoms with Gasteiger partial charge in [0.1, 0.15) is 5.82 Å². The van der Waals surface area contributed by atoms with Gasteiger partial charge in [-0.2, -0.15) is 0 Å². The summed E-state index contributed by atoms with van der Waals surface area (Å²) < 4.78 is 2.15. The van der Waals surface area contributed by atoms with Gasteiger partial charge in [-0.3, -0.25) is 4.57 Å². The van der Waals surface area contributed by atoms with Crippen LogP contribution >= 0.6 is 11.6 Å². The minimum atomic E-state index is 0.403. The van der Waals surface area contributed by atoms with Gasteiger partial charge >= 0.3 is 0 Å². The highest BCUT2D eigenvalue weighted by Crippen LogP contribution is 2.24. The maximum atomic E-state index is 6.08. The lowest BCUT2D eigenvalue weighted by Crippen LogP contribution is -2.00. The SMILES string of the molecule is Cc1ccc2c(c1)nc(CCl)n2-c1ccc(C)c(C)c1. The van der Waals surface area contributed by atoms with Crippen molar-refractivity contribution in [3.05, 3.63) is 58.9 Å². The highest BCUT2D eigenvalue weighted by atomic mass is 35.5. The van der Waals surface area contributed by atoms with E-state index in [1.807, 2.05) is 0 Å². The molecule has 2 nitrogen and oxygen atoms in total. The lowest BCUT2D eigenvalue weighted by molar-refractivity contribution is 0.978. The first-order valence-corrected chi connectivity index (χ1v) is 7.25. The summed E-state index contributed by atoms with van der Waals surface area (Å²) in [6.45, 7) is 6.33. The number of fused-ring (bicyclic) bond motifs is 1. The molecule has 0 unspecified atom stereocenters. The van der Waals surface area contributed by atoms with E-state index in [9.17, 15) is 0 Å². The fourth-order valence-corrected chi connectivity index (χ4v) is 2.66. The van der Waals surface area contributed by atoms with Crippen LogP contribution < -0.4 is 0 Å². The minimum Gasteiger partial charge on any atom is -0.295 e. The fourth-order valence-electron chi connectivity index (χ4n) is 2.48. The van der Waals surface area contributed by atoms with Gasteiger partial charge in [-0.1, -0.05) is 12.1 Å². The zero-order valence-corrected chi connectivity index (χ0v) is 12.7. The molecule has 0 spiro atoms. The zero-order chi connectivity index (χ0) is 14.3. The van der Waals surface area contributed by atoms with E-state index in [1.54, 1.807) is 0 Å². The van der Waals surface area contributed by atoms with Crippen LogP contribution in [0.3, 0.4) is 0 Å². The molecule has 0 bridgehead atoms. The van der Waals surface area contributed by atoms with Crippen LogP contribution in [-0.2, 0) is 5.88 Å². The number of halogens is 1. The van der Waals surface area contributed by atoms with Crippen molar-refractivity contribution in [2.45, 2.75) is 26.7 Å². The number of imidazole rings is 1. The Kier molecular flexibility index (Phi) is 3.27. The summed E-state index contributed by atoms with van der Waals surface area (Å²) in [6, 6.07) is 12.8. The first-order valence-electron chi connectivity index (χ1n) is 6.71. The monoisotopic (exact) mass is 284 g/mol. The number of alkyl halides is 1. The van der Waals surface area contributed by atoms with E-state index in [1.165, 1.54) is 16.7 Å². The van der Waals surface area contributed by atoms with Crippen molar-refractivity contribution in [1.82, 2.24) is 9.55 Å². The summed E-state index contributed by atoms with van der Waals surface area (Å²) in [6.07, 6.45) is 0. The molecule has 0 saturated carbocycles. The van der Waals surface area contributed by atoms with E-state index in [2.05, 4.69) is 66.7 Å². The molecule has 102 valence electrons. The van der Waals surface area contributed by atoms with Crippen molar-refractivity contribution in [2.75, 3.05) is 0 Å². The van der Waals surface area contributed by atoms with Crippen LogP contribution in [0.2, 0.25) is 0 Å². The first-order chi connectivity index (χ1) is 9.60. The smallest absolute Gasteiger partial charge is 0.129 e. The molecule has 0 aliphatic carbocycles. The fraction of sp³-hybridized carbons (Fsp3) is 0.235. The lowest BCUT2D eigenvalue weighted by atomic mass is 10.1. The van der Waals surface area contributed by atoms with Gasteiger partial charge in [-0.05, 0) is 61.7 Å². The minimum absolute atomic E-state index is 0.403. The molecule has 1 aromatic heterocycles. The highest BCUT2D eigenvalue weighted by Gasteiger charge is 2.12. The molecule has 0 radical (unpaired) electrons. The number of rotatable bonds is 2. The Morgan fingerprint density at radius 3 is 2.50 bits per heavy atom. The first kappa shape index (κ1) is 13.2. The molecular weight excluding hydrogens is 268 g/mol. The molecule has 3 heteroatoms. The predicted molar refractivity (Wildman–Crippen MR) is 84.8 cm³/mol. The van der Waals surface area contributed by atoms with Crippen molar-refractivity contribution < 1.29 is 0 Å². The molecule has 0 N–H and O–H groups in total. The molecule has 3 rings (SSSR count). The Balaban J connectivity index is 2.30. The number of nitrogens with zero attached hydrogens (tertiary/aromatic N) is 2. The van der Waals surface area contributed by atoms with Gasteiger partial charge < -0.3 is 0 Å². The third-order valence-corrected chi connectivity index (χ3v) is 3.99. The maximum absolute atomic E-state index is 6.08. The third-order valence-electron chi connectivity index (χ3n) is 3.75. The molecule has 0 fully saturated rings. The van der Waals surface area contributed by atoms with Gasteiger partial charge in [0.05, 0.1) is 16.9 Å². The van der Waals surface area contributed by atoms with Gasteiger partial charge in [0.2, 0.25) is 0 Å². The van der Waals surface area contributed by atoms with Gasteiger partial charge in [0, 0.05) is 5.69 Å². The molecule has 2 aromatic carbocycles. The largest absolute Gasteiger partial charge is 0.295 e. The molecular formula is C17H17ClN2. The Hall–Kier alpha value is -1.80. The van der Waals surface area contributed by atoms with Crippen LogP contribution in [0.1, 0.15) is 22.5 Å². The normalized spacial score (nSPS) is 11.2. The summed E-state index contributed by atoms with van der Waals surface area (Å²) >= 11 is 6.08. The van der Waals surface area contributed by atoms with Crippen molar-refractivity contribution in [3.63, 3.8) is 0 Å². The van der Waals surface area contributed by atoms with Crippen LogP contribution in [0.4, 0.5) is 0 Å². The molecule has 0 atom stereocenters. The zero-order valence-electron chi connectivity index (χ0n) is 11.9. The Morgan fingerprint density at radius 1 is 1.00 bits per heavy atom. The predicted octanol–water partition coefficient (Wildman–Crippen LogP) is 4.69. The maximum Gasteiger partial charge on any atom is 0.129 e. The van der Waals surface area contributed by atoms with E-state index in [0.29, 0.717) is 5.88 Å². The number of hydrogen-bond donors (Lipinski definition) is 0. The Bertz CT molecular complexity index is 787. The lowest BCUT2D eigenvalue weighted by Gasteiger charge is -2.10. The van der Waals surface area contributed by atoms with Crippen molar-refractivity contribution in [3.8, 4) is 5.69 Å². The summed E-state index contributed by atoms with van der Waals surface area (Å²) in [5.74, 6) is 1.29. The number of aromatic nitrogens is 2. The molecule has 0 amide bonds. The van der Waals surface area contributed by atoms with Crippen LogP contribution in [0.5, 0.6) is 0 Å². The summed E-state index contributed by atoms with van der Waals surface area (Å²) in [5.41, 5.74) is 7.00. The van der Waals surface area contributed by atoms with Crippen molar-refractivity contribution in [2.24, 2.45) is 0 Å². The van der Waals surface area contributed by atoms with Crippen molar-refractivity contribution in [1.29, 1.82) is 0 Å². The molecule has 20 heavy (non-hydrogen) atoms. The van der Waals surface area contributed by atoms with E-state index in [-0.39, 0.29) is 0 Å². The second-order valence-corrected chi connectivity index (χ2v) is 5.53.